The Morgan fingerprint density at radius 2 is 2.43 bits per heavy atom. The zero-order chi connectivity index (χ0) is 10.1. The van der Waals surface area contributed by atoms with Gasteiger partial charge in [-0.05, 0) is 45.8 Å². The monoisotopic (exact) mass is 273 g/mol. The molecule has 0 N–H and O–H groups in total. The summed E-state index contributed by atoms with van der Waals surface area (Å²) in [6.07, 6.45) is 2.16. The van der Waals surface area contributed by atoms with Crippen LogP contribution in [0.25, 0.3) is 0 Å². The summed E-state index contributed by atoms with van der Waals surface area (Å²) < 4.78 is 1.12. The van der Waals surface area contributed by atoms with E-state index < -0.39 is 0 Å². The van der Waals surface area contributed by atoms with Gasteiger partial charge in [-0.1, -0.05) is 0 Å². The summed E-state index contributed by atoms with van der Waals surface area (Å²) in [6.45, 7) is 0.734. The highest BCUT2D eigenvalue weighted by molar-refractivity contribution is 9.11. The molecule has 1 aliphatic carbocycles. The summed E-state index contributed by atoms with van der Waals surface area (Å²) in [4.78, 5) is 13.5. The second-order valence-corrected chi connectivity index (χ2v) is 6.02. The predicted molar refractivity (Wildman–Crippen MR) is 61.2 cm³/mol. The van der Waals surface area contributed by atoms with Crippen LogP contribution in [0, 0.1) is 5.92 Å². The molecule has 0 radical (unpaired) electrons. The Labute approximate surface area is 96.0 Å². The van der Waals surface area contributed by atoms with E-state index >= 15 is 0 Å². The number of nitrogens with zero attached hydrogens (tertiary/aromatic N) is 1. The molecule has 1 aromatic heterocycles. The van der Waals surface area contributed by atoms with Gasteiger partial charge in [-0.3, -0.25) is 4.79 Å². The van der Waals surface area contributed by atoms with Crippen LogP contribution in [-0.2, 0) is 11.3 Å². The maximum Gasteiger partial charge on any atom is 0.225 e. The number of hydrogen-bond acceptors (Lipinski definition) is 2. The van der Waals surface area contributed by atoms with Gasteiger partial charge in [0.05, 0.1) is 3.79 Å². The first-order chi connectivity index (χ1) is 6.66. The molecule has 0 spiro atoms. The zero-order valence-electron chi connectivity index (χ0n) is 8.00. The average Bonchev–Trinajstić information content (AvgIpc) is 2.91. The standard InChI is InChI=1S/C10H12BrNOS/c1-12(10(13)8-2-3-8)5-7-4-9(11)14-6-7/h4,6,8H,2-3,5H2,1H3. The van der Waals surface area contributed by atoms with Gasteiger partial charge < -0.3 is 4.90 Å². The largest absolute Gasteiger partial charge is 0.341 e. The van der Waals surface area contributed by atoms with Crippen LogP contribution in [0.3, 0.4) is 0 Å². The lowest BCUT2D eigenvalue weighted by molar-refractivity contribution is -0.131. The van der Waals surface area contributed by atoms with Gasteiger partial charge in [-0.25, -0.2) is 0 Å². The van der Waals surface area contributed by atoms with E-state index in [9.17, 15) is 4.79 Å². The number of thiophene rings is 1. The molecule has 0 aliphatic heterocycles. The maximum absolute atomic E-state index is 11.6. The average molecular weight is 274 g/mol. The number of halogens is 1. The van der Waals surface area contributed by atoms with Crippen molar-refractivity contribution >= 4 is 33.2 Å². The van der Waals surface area contributed by atoms with E-state index in [1.165, 1.54) is 5.56 Å². The van der Waals surface area contributed by atoms with Gasteiger partial charge in [0.25, 0.3) is 0 Å². The second-order valence-electron chi connectivity index (χ2n) is 3.73. The highest BCUT2D eigenvalue weighted by Crippen LogP contribution is 2.31. The first kappa shape index (κ1) is 10.2. The smallest absolute Gasteiger partial charge is 0.225 e. The van der Waals surface area contributed by atoms with Crippen LogP contribution in [0.15, 0.2) is 15.2 Å². The topological polar surface area (TPSA) is 20.3 Å². The zero-order valence-corrected chi connectivity index (χ0v) is 10.4. The van der Waals surface area contributed by atoms with Crippen LogP contribution in [0.5, 0.6) is 0 Å². The van der Waals surface area contributed by atoms with Gasteiger partial charge in [-0.15, -0.1) is 11.3 Å². The predicted octanol–water partition coefficient (Wildman–Crippen LogP) is 2.88. The van der Waals surface area contributed by atoms with Crippen molar-refractivity contribution in [3.05, 3.63) is 20.8 Å². The molecular weight excluding hydrogens is 262 g/mol. The summed E-state index contributed by atoms with van der Waals surface area (Å²) in [5.41, 5.74) is 1.21. The molecule has 1 amide bonds. The lowest BCUT2D eigenvalue weighted by atomic mass is 10.3. The van der Waals surface area contributed by atoms with Crippen molar-refractivity contribution in [1.29, 1.82) is 0 Å². The summed E-state index contributed by atoms with van der Waals surface area (Å²) in [5.74, 6) is 0.620. The molecule has 1 aromatic rings. The highest BCUT2D eigenvalue weighted by atomic mass is 79.9. The third kappa shape index (κ3) is 2.36. The Hall–Kier alpha value is -0.350. The van der Waals surface area contributed by atoms with Crippen LogP contribution in [0.2, 0.25) is 0 Å². The van der Waals surface area contributed by atoms with E-state index in [4.69, 9.17) is 0 Å². The van der Waals surface area contributed by atoms with Gasteiger partial charge in [-0.2, -0.15) is 0 Å². The van der Waals surface area contributed by atoms with Crippen molar-refractivity contribution in [3.63, 3.8) is 0 Å². The molecule has 0 saturated heterocycles. The quantitative estimate of drug-likeness (QED) is 0.830. The Kier molecular flexibility index (Phi) is 2.93. The van der Waals surface area contributed by atoms with Gasteiger partial charge in [0.2, 0.25) is 5.91 Å². The van der Waals surface area contributed by atoms with Crippen LogP contribution in [-0.4, -0.2) is 17.9 Å². The summed E-state index contributed by atoms with van der Waals surface area (Å²) in [7, 11) is 1.88. The molecular formula is C10H12BrNOS. The number of rotatable bonds is 3. The van der Waals surface area contributed by atoms with E-state index in [2.05, 4.69) is 27.4 Å². The van der Waals surface area contributed by atoms with Gasteiger partial charge in [0.1, 0.15) is 0 Å². The Bertz CT molecular complexity index is 346. The minimum atomic E-state index is 0.298. The van der Waals surface area contributed by atoms with E-state index in [0.717, 1.165) is 23.2 Å². The molecule has 2 rings (SSSR count). The van der Waals surface area contributed by atoms with Crippen LogP contribution >= 0.6 is 27.3 Å². The summed E-state index contributed by atoms with van der Waals surface area (Å²) in [6, 6.07) is 2.07. The van der Waals surface area contributed by atoms with Crippen molar-refractivity contribution in [2.24, 2.45) is 5.92 Å². The Morgan fingerprint density at radius 1 is 1.71 bits per heavy atom. The van der Waals surface area contributed by atoms with Crippen molar-refractivity contribution in [2.75, 3.05) is 7.05 Å². The fraction of sp³-hybridized carbons (Fsp3) is 0.500. The number of amides is 1. The number of carbonyl (C=O) groups is 1. The third-order valence-electron chi connectivity index (χ3n) is 2.34. The van der Waals surface area contributed by atoms with Crippen molar-refractivity contribution in [3.8, 4) is 0 Å². The van der Waals surface area contributed by atoms with Gasteiger partial charge in [0, 0.05) is 19.5 Å². The van der Waals surface area contributed by atoms with E-state index in [1.807, 2.05) is 11.9 Å². The fourth-order valence-electron chi connectivity index (χ4n) is 1.42. The molecule has 14 heavy (non-hydrogen) atoms. The Balaban J connectivity index is 1.93. The molecule has 4 heteroatoms. The molecule has 1 heterocycles. The van der Waals surface area contributed by atoms with E-state index in [0.29, 0.717) is 11.8 Å². The highest BCUT2D eigenvalue weighted by Gasteiger charge is 2.31. The minimum absolute atomic E-state index is 0.298. The SMILES string of the molecule is CN(Cc1csc(Br)c1)C(=O)C1CC1. The minimum Gasteiger partial charge on any atom is -0.341 e. The molecule has 0 aromatic carbocycles. The lowest BCUT2D eigenvalue weighted by Crippen LogP contribution is -2.27. The number of hydrogen-bond donors (Lipinski definition) is 0. The van der Waals surface area contributed by atoms with Crippen LogP contribution < -0.4 is 0 Å². The molecule has 76 valence electrons. The van der Waals surface area contributed by atoms with Gasteiger partial charge in [0.15, 0.2) is 0 Å². The molecule has 0 bridgehead atoms. The van der Waals surface area contributed by atoms with Gasteiger partial charge >= 0.3 is 0 Å². The van der Waals surface area contributed by atoms with Crippen molar-refractivity contribution < 1.29 is 4.79 Å². The molecule has 0 unspecified atom stereocenters. The first-order valence-corrected chi connectivity index (χ1v) is 6.32. The lowest BCUT2D eigenvalue weighted by Gasteiger charge is -2.15. The normalized spacial score (nSPS) is 15.6. The van der Waals surface area contributed by atoms with E-state index in [-0.39, 0.29) is 0 Å². The first-order valence-electron chi connectivity index (χ1n) is 4.64. The van der Waals surface area contributed by atoms with Crippen LogP contribution in [0.4, 0.5) is 0 Å². The number of carbonyl (C=O) groups excluding carboxylic acids is 1. The van der Waals surface area contributed by atoms with Crippen LogP contribution in [0.1, 0.15) is 18.4 Å². The van der Waals surface area contributed by atoms with E-state index in [1.54, 1.807) is 11.3 Å². The van der Waals surface area contributed by atoms with Crippen molar-refractivity contribution in [2.45, 2.75) is 19.4 Å². The Morgan fingerprint density at radius 3 is 2.93 bits per heavy atom. The fourth-order valence-corrected chi connectivity index (χ4v) is 2.62. The molecule has 0 atom stereocenters. The van der Waals surface area contributed by atoms with Crippen molar-refractivity contribution in [1.82, 2.24) is 4.90 Å². The second kappa shape index (κ2) is 4.03. The summed E-state index contributed by atoms with van der Waals surface area (Å²) in [5, 5.41) is 2.08. The maximum atomic E-state index is 11.6. The molecule has 1 saturated carbocycles. The molecule has 1 fully saturated rings. The molecule has 1 aliphatic rings. The molecule has 2 nitrogen and oxygen atoms in total. The summed E-state index contributed by atoms with van der Waals surface area (Å²) >= 11 is 5.08. The third-order valence-corrected chi connectivity index (χ3v) is 3.90.